The average molecular weight is 224 g/mol. The quantitative estimate of drug-likeness (QED) is 0.710. The fraction of sp³-hybridized carbons (Fsp3) is 0.182. The van der Waals surface area contributed by atoms with E-state index in [4.69, 9.17) is 11.6 Å². The Morgan fingerprint density at radius 1 is 1.14 bits per heavy atom. The molecule has 0 aliphatic heterocycles. The third-order valence-electron chi connectivity index (χ3n) is 2.18. The minimum Gasteiger partial charge on any atom is -0.252 e. The fourth-order valence-corrected chi connectivity index (χ4v) is 2.23. The molecule has 0 aromatic carbocycles. The summed E-state index contributed by atoms with van der Waals surface area (Å²) in [6, 6.07) is 8.03. The van der Waals surface area contributed by atoms with E-state index in [1.54, 1.807) is 11.3 Å². The Morgan fingerprint density at radius 2 is 1.93 bits per heavy atom. The van der Waals surface area contributed by atoms with Crippen molar-refractivity contribution in [3.8, 4) is 10.6 Å². The van der Waals surface area contributed by atoms with Crippen molar-refractivity contribution in [3.05, 3.63) is 39.9 Å². The summed E-state index contributed by atoms with van der Waals surface area (Å²) in [5.41, 5.74) is 3.30. The van der Waals surface area contributed by atoms with Crippen LogP contribution in [0.5, 0.6) is 0 Å². The predicted octanol–water partition coefficient (Wildman–Crippen LogP) is 4.08. The van der Waals surface area contributed by atoms with Gasteiger partial charge in [0.05, 0.1) is 14.9 Å². The number of aryl methyl sites for hydroxylation is 2. The molecule has 0 amide bonds. The molecule has 2 rings (SSSR count). The lowest BCUT2D eigenvalue weighted by molar-refractivity contribution is 1.16. The average Bonchev–Trinajstić information content (AvgIpc) is 2.57. The van der Waals surface area contributed by atoms with Crippen molar-refractivity contribution >= 4 is 22.9 Å². The highest BCUT2D eigenvalue weighted by Crippen LogP contribution is 2.29. The van der Waals surface area contributed by atoms with Gasteiger partial charge in [-0.15, -0.1) is 11.3 Å². The molecule has 14 heavy (non-hydrogen) atoms. The summed E-state index contributed by atoms with van der Waals surface area (Å²) < 4.78 is 0.806. The van der Waals surface area contributed by atoms with Crippen LogP contribution in [0.3, 0.4) is 0 Å². The number of rotatable bonds is 1. The van der Waals surface area contributed by atoms with E-state index in [0.29, 0.717) is 0 Å². The number of nitrogens with zero attached hydrogens (tertiary/aromatic N) is 1. The van der Waals surface area contributed by atoms with Gasteiger partial charge in [-0.3, -0.25) is 4.98 Å². The van der Waals surface area contributed by atoms with Gasteiger partial charge in [0.25, 0.3) is 0 Å². The normalized spacial score (nSPS) is 10.5. The van der Waals surface area contributed by atoms with E-state index in [-0.39, 0.29) is 0 Å². The highest BCUT2D eigenvalue weighted by molar-refractivity contribution is 7.19. The second-order valence-corrected chi connectivity index (χ2v) is 4.92. The molecule has 3 heteroatoms. The smallest absolute Gasteiger partial charge is 0.0935 e. The zero-order valence-electron chi connectivity index (χ0n) is 8.04. The van der Waals surface area contributed by atoms with Crippen LogP contribution in [0.4, 0.5) is 0 Å². The van der Waals surface area contributed by atoms with Crippen LogP contribution in [0, 0.1) is 13.8 Å². The molecule has 0 fully saturated rings. The monoisotopic (exact) mass is 223 g/mol. The molecule has 0 unspecified atom stereocenters. The maximum Gasteiger partial charge on any atom is 0.0935 e. The van der Waals surface area contributed by atoms with E-state index in [2.05, 4.69) is 18.0 Å². The van der Waals surface area contributed by atoms with Gasteiger partial charge in [0.1, 0.15) is 0 Å². The van der Waals surface area contributed by atoms with E-state index in [0.717, 1.165) is 20.6 Å². The van der Waals surface area contributed by atoms with E-state index < -0.39 is 0 Å². The minimum absolute atomic E-state index is 0.806. The number of aromatic nitrogens is 1. The lowest BCUT2D eigenvalue weighted by Gasteiger charge is -2.01. The number of halogens is 1. The maximum absolute atomic E-state index is 5.87. The molecule has 72 valence electrons. The number of pyridine rings is 1. The van der Waals surface area contributed by atoms with Crippen molar-refractivity contribution in [2.24, 2.45) is 0 Å². The molecule has 0 saturated heterocycles. The molecular formula is C11H10ClNS. The van der Waals surface area contributed by atoms with Crippen LogP contribution in [0.25, 0.3) is 10.6 Å². The zero-order valence-corrected chi connectivity index (χ0v) is 9.62. The maximum atomic E-state index is 5.87. The van der Waals surface area contributed by atoms with Crippen LogP contribution in [0.15, 0.2) is 24.3 Å². The first-order valence-corrected chi connectivity index (χ1v) is 5.56. The van der Waals surface area contributed by atoms with Crippen molar-refractivity contribution in [2.45, 2.75) is 13.8 Å². The van der Waals surface area contributed by atoms with Crippen LogP contribution in [-0.2, 0) is 0 Å². The molecule has 0 spiro atoms. The first-order chi connectivity index (χ1) is 6.66. The van der Waals surface area contributed by atoms with Gasteiger partial charge in [0, 0.05) is 5.69 Å². The molecule has 1 nitrogen and oxygen atoms in total. The molecule has 0 aliphatic carbocycles. The SMILES string of the molecule is Cc1ccc(-c2ccc(Cl)s2)nc1C. The van der Waals surface area contributed by atoms with E-state index in [9.17, 15) is 0 Å². The zero-order chi connectivity index (χ0) is 10.1. The summed E-state index contributed by atoms with van der Waals surface area (Å²) in [5.74, 6) is 0. The highest BCUT2D eigenvalue weighted by atomic mass is 35.5. The molecule has 0 N–H and O–H groups in total. The fourth-order valence-electron chi connectivity index (χ4n) is 1.22. The van der Waals surface area contributed by atoms with Gasteiger partial charge < -0.3 is 0 Å². The molecule has 0 bridgehead atoms. The van der Waals surface area contributed by atoms with Gasteiger partial charge >= 0.3 is 0 Å². The van der Waals surface area contributed by atoms with Crippen LogP contribution < -0.4 is 0 Å². The van der Waals surface area contributed by atoms with Crippen molar-refractivity contribution in [1.29, 1.82) is 0 Å². The summed E-state index contributed by atoms with van der Waals surface area (Å²) in [5, 5.41) is 0. The predicted molar refractivity (Wildman–Crippen MR) is 62.0 cm³/mol. The first kappa shape index (κ1) is 9.69. The van der Waals surface area contributed by atoms with Crippen LogP contribution in [0.2, 0.25) is 4.34 Å². The topological polar surface area (TPSA) is 12.9 Å². The van der Waals surface area contributed by atoms with Crippen molar-refractivity contribution in [3.63, 3.8) is 0 Å². The van der Waals surface area contributed by atoms with Crippen molar-refractivity contribution in [2.75, 3.05) is 0 Å². The van der Waals surface area contributed by atoms with Gasteiger partial charge in [-0.25, -0.2) is 0 Å². The number of hydrogen-bond donors (Lipinski definition) is 0. The van der Waals surface area contributed by atoms with E-state index >= 15 is 0 Å². The standard InChI is InChI=1S/C11H10ClNS/c1-7-3-4-9(13-8(7)2)10-5-6-11(12)14-10/h3-6H,1-2H3. The molecule has 2 aromatic rings. The summed E-state index contributed by atoms with van der Waals surface area (Å²) in [6.45, 7) is 4.08. The molecule has 2 aromatic heterocycles. The van der Waals surface area contributed by atoms with Gasteiger partial charge in [0.15, 0.2) is 0 Å². The number of thiophene rings is 1. The van der Waals surface area contributed by atoms with E-state index in [1.807, 2.05) is 25.1 Å². The molecule has 0 atom stereocenters. The second kappa shape index (κ2) is 3.71. The van der Waals surface area contributed by atoms with Gasteiger partial charge in [-0.2, -0.15) is 0 Å². The Morgan fingerprint density at radius 3 is 2.50 bits per heavy atom. The Kier molecular flexibility index (Phi) is 2.57. The molecule has 0 aliphatic rings. The van der Waals surface area contributed by atoms with Crippen LogP contribution in [0.1, 0.15) is 11.3 Å². The summed E-state index contributed by atoms with van der Waals surface area (Å²) >= 11 is 7.43. The first-order valence-electron chi connectivity index (χ1n) is 4.37. The molecule has 0 saturated carbocycles. The Bertz CT molecular complexity index is 462. The lowest BCUT2D eigenvalue weighted by atomic mass is 10.2. The van der Waals surface area contributed by atoms with E-state index in [1.165, 1.54) is 5.56 Å². The summed E-state index contributed by atoms with van der Waals surface area (Å²) in [4.78, 5) is 5.63. The highest BCUT2D eigenvalue weighted by Gasteiger charge is 2.03. The van der Waals surface area contributed by atoms with Gasteiger partial charge in [0.2, 0.25) is 0 Å². The Hall–Kier alpha value is -0.860. The third kappa shape index (κ3) is 1.81. The number of hydrogen-bond acceptors (Lipinski definition) is 2. The lowest BCUT2D eigenvalue weighted by Crippen LogP contribution is -1.87. The van der Waals surface area contributed by atoms with Gasteiger partial charge in [-0.1, -0.05) is 17.7 Å². The Labute approximate surface area is 92.4 Å². The molecule has 0 radical (unpaired) electrons. The van der Waals surface area contributed by atoms with Crippen molar-refractivity contribution < 1.29 is 0 Å². The van der Waals surface area contributed by atoms with Crippen LogP contribution >= 0.6 is 22.9 Å². The largest absolute Gasteiger partial charge is 0.252 e. The molecular weight excluding hydrogens is 214 g/mol. The van der Waals surface area contributed by atoms with Crippen LogP contribution in [-0.4, -0.2) is 4.98 Å². The summed E-state index contributed by atoms with van der Waals surface area (Å²) in [7, 11) is 0. The van der Waals surface area contributed by atoms with Gasteiger partial charge in [-0.05, 0) is 37.6 Å². The molecule has 2 heterocycles. The van der Waals surface area contributed by atoms with Crippen molar-refractivity contribution in [1.82, 2.24) is 4.98 Å². The Balaban J connectivity index is 2.47. The second-order valence-electron chi connectivity index (χ2n) is 3.20. The minimum atomic E-state index is 0.806. The third-order valence-corrected chi connectivity index (χ3v) is 3.43. The summed E-state index contributed by atoms with van der Waals surface area (Å²) in [6.07, 6.45) is 0.